The quantitative estimate of drug-likeness (QED) is 0.430. The number of benzene rings is 3. The van der Waals surface area contributed by atoms with Crippen molar-refractivity contribution in [1.29, 1.82) is 0 Å². The Balaban J connectivity index is 1.65. The number of carbonyl (C=O) groups is 2. The summed E-state index contributed by atoms with van der Waals surface area (Å²) in [6.07, 6.45) is 0.831. The van der Waals surface area contributed by atoms with Gasteiger partial charge in [-0.05, 0) is 54.3 Å². The number of amides is 1. The van der Waals surface area contributed by atoms with E-state index in [1.807, 2.05) is 24.3 Å². The molecule has 0 radical (unpaired) electrons. The molecule has 3 aromatic carbocycles. The van der Waals surface area contributed by atoms with Crippen LogP contribution in [0.4, 0.5) is 0 Å². The highest BCUT2D eigenvalue weighted by Gasteiger charge is 2.42. The Hall–Kier alpha value is -3.22. The van der Waals surface area contributed by atoms with E-state index in [0.717, 1.165) is 11.1 Å². The molecule has 1 amide bonds. The van der Waals surface area contributed by atoms with Crippen molar-refractivity contribution in [1.82, 2.24) is 4.90 Å². The van der Waals surface area contributed by atoms with E-state index in [0.29, 0.717) is 34.4 Å². The Labute approximate surface area is 207 Å². The topological polar surface area (TPSA) is 76.1 Å². The van der Waals surface area contributed by atoms with Crippen LogP contribution in [0, 0.1) is 0 Å². The fourth-order valence-corrected chi connectivity index (χ4v) is 4.57. The van der Waals surface area contributed by atoms with Crippen molar-refractivity contribution in [3.8, 4) is 11.5 Å². The largest absolute Gasteiger partial charge is 0.497 e. The number of nitrogens with zero attached hydrogens (tertiary/aromatic N) is 1. The van der Waals surface area contributed by atoms with Crippen molar-refractivity contribution in [2.75, 3.05) is 7.11 Å². The first-order valence-electron chi connectivity index (χ1n) is 10.7. The number of halogens is 2. The third kappa shape index (κ3) is 5.13. The average molecular weight is 500 g/mol. The van der Waals surface area contributed by atoms with Crippen LogP contribution in [0.5, 0.6) is 11.5 Å². The highest BCUT2D eigenvalue weighted by molar-refractivity contribution is 6.31. The first kappa shape index (κ1) is 23.9. The summed E-state index contributed by atoms with van der Waals surface area (Å²) in [5.41, 5.74) is 1.91. The van der Waals surface area contributed by atoms with Crippen LogP contribution in [0.15, 0.2) is 66.7 Å². The maximum Gasteiger partial charge on any atom is 0.326 e. The molecule has 8 heteroatoms. The number of rotatable bonds is 7. The summed E-state index contributed by atoms with van der Waals surface area (Å²) >= 11 is 12.3. The third-order valence-electron chi connectivity index (χ3n) is 5.85. The lowest BCUT2D eigenvalue weighted by Crippen LogP contribution is -2.41. The van der Waals surface area contributed by atoms with Gasteiger partial charge < -0.3 is 19.5 Å². The molecule has 1 aliphatic rings. The van der Waals surface area contributed by atoms with Gasteiger partial charge >= 0.3 is 5.97 Å². The minimum atomic E-state index is -1.05. The molecule has 1 heterocycles. The molecular formula is C26H23Cl2NO5. The number of ether oxygens (including phenoxy) is 2. The first-order chi connectivity index (χ1) is 16.4. The summed E-state index contributed by atoms with van der Waals surface area (Å²) in [4.78, 5) is 27.1. The first-order valence-corrected chi connectivity index (χ1v) is 11.5. The van der Waals surface area contributed by atoms with Gasteiger partial charge in [-0.25, -0.2) is 4.79 Å². The minimum Gasteiger partial charge on any atom is -0.497 e. The Morgan fingerprint density at radius 3 is 2.38 bits per heavy atom. The van der Waals surface area contributed by atoms with Crippen LogP contribution in [0.3, 0.4) is 0 Å². The smallest absolute Gasteiger partial charge is 0.326 e. The molecule has 1 saturated heterocycles. The van der Waals surface area contributed by atoms with E-state index in [4.69, 9.17) is 32.7 Å². The Kier molecular flexibility index (Phi) is 7.29. The molecule has 34 heavy (non-hydrogen) atoms. The monoisotopic (exact) mass is 499 g/mol. The van der Waals surface area contributed by atoms with E-state index in [9.17, 15) is 14.7 Å². The van der Waals surface area contributed by atoms with Crippen LogP contribution < -0.4 is 9.47 Å². The zero-order chi connectivity index (χ0) is 24.2. The molecule has 4 rings (SSSR count). The molecule has 6 nitrogen and oxygen atoms in total. The number of aliphatic carboxylic acids is 1. The standard InChI is InChI=1S/C26H23Cl2NO5/c1-33-19-12-17(13-20(14-19)34-15-16-6-8-18(27)9-7-16)25(30)29-23(10-11-24(29)26(31)32)21-4-2-3-5-22(21)28/h2-9,12-14,23-24H,10-11,15H2,1H3,(H,31,32). The van der Waals surface area contributed by atoms with Crippen LogP contribution in [0.25, 0.3) is 0 Å². The predicted octanol–water partition coefficient (Wildman–Crippen LogP) is 6.01. The van der Waals surface area contributed by atoms with Gasteiger partial charge in [0.05, 0.1) is 13.2 Å². The zero-order valence-electron chi connectivity index (χ0n) is 18.4. The number of methoxy groups -OCH3 is 1. The maximum atomic E-state index is 13.7. The van der Waals surface area contributed by atoms with Crippen LogP contribution in [-0.4, -0.2) is 35.0 Å². The summed E-state index contributed by atoms with van der Waals surface area (Å²) in [6.45, 7) is 0.266. The molecule has 0 bridgehead atoms. The molecule has 1 aliphatic heterocycles. The predicted molar refractivity (Wildman–Crippen MR) is 130 cm³/mol. The fraction of sp³-hybridized carbons (Fsp3) is 0.231. The molecule has 0 saturated carbocycles. The summed E-state index contributed by atoms with van der Waals surface area (Å²) in [5.74, 6) is -0.620. The number of carboxylic acids is 1. The van der Waals surface area contributed by atoms with Crippen LogP contribution >= 0.6 is 23.2 Å². The van der Waals surface area contributed by atoms with Crippen molar-refractivity contribution in [3.63, 3.8) is 0 Å². The molecule has 2 unspecified atom stereocenters. The van der Waals surface area contributed by atoms with Gasteiger partial charge in [0.15, 0.2) is 0 Å². The van der Waals surface area contributed by atoms with Crippen LogP contribution in [0.2, 0.25) is 10.0 Å². The molecule has 2 atom stereocenters. The van der Waals surface area contributed by atoms with Gasteiger partial charge in [0.2, 0.25) is 0 Å². The maximum absolute atomic E-state index is 13.7. The minimum absolute atomic E-state index is 0.266. The van der Waals surface area contributed by atoms with Gasteiger partial charge in [0.1, 0.15) is 24.1 Å². The van der Waals surface area contributed by atoms with E-state index in [1.165, 1.54) is 12.0 Å². The summed E-state index contributed by atoms with van der Waals surface area (Å²) < 4.78 is 11.3. The fourth-order valence-electron chi connectivity index (χ4n) is 4.18. The Morgan fingerprint density at radius 2 is 1.71 bits per heavy atom. The molecule has 176 valence electrons. The van der Waals surface area contributed by atoms with Crippen LogP contribution in [-0.2, 0) is 11.4 Å². The van der Waals surface area contributed by atoms with E-state index in [1.54, 1.807) is 42.5 Å². The molecule has 0 aromatic heterocycles. The number of hydrogen-bond acceptors (Lipinski definition) is 4. The molecule has 1 fully saturated rings. The second-order valence-electron chi connectivity index (χ2n) is 7.99. The number of hydrogen-bond donors (Lipinski definition) is 1. The summed E-state index contributed by atoms with van der Waals surface area (Å²) in [7, 11) is 1.50. The third-order valence-corrected chi connectivity index (χ3v) is 6.45. The highest BCUT2D eigenvalue weighted by Crippen LogP contribution is 2.40. The Morgan fingerprint density at radius 1 is 1.00 bits per heavy atom. The van der Waals surface area contributed by atoms with Gasteiger partial charge in [-0.1, -0.05) is 53.5 Å². The van der Waals surface area contributed by atoms with Crippen molar-refractivity contribution in [3.05, 3.63) is 93.5 Å². The Bertz CT molecular complexity index is 1200. The van der Waals surface area contributed by atoms with Gasteiger partial charge in [0.25, 0.3) is 5.91 Å². The zero-order valence-corrected chi connectivity index (χ0v) is 19.9. The molecule has 1 N–H and O–H groups in total. The van der Waals surface area contributed by atoms with Crippen LogP contribution in [0.1, 0.15) is 40.4 Å². The normalized spacial score (nSPS) is 17.4. The van der Waals surface area contributed by atoms with E-state index >= 15 is 0 Å². The van der Waals surface area contributed by atoms with E-state index in [2.05, 4.69) is 0 Å². The van der Waals surface area contributed by atoms with Gasteiger partial charge in [-0.3, -0.25) is 4.79 Å². The lowest BCUT2D eigenvalue weighted by molar-refractivity contribution is -0.141. The lowest BCUT2D eigenvalue weighted by Gasteiger charge is -2.29. The second kappa shape index (κ2) is 10.4. The summed E-state index contributed by atoms with van der Waals surface area (Å²) in [5, 5.41) is 10.9. The molecular weight excluding hydrogens is 477 g/mol. The molecule has 0 spiro atoms. The van der Waals surface area contributed by atoms with Gasteiger partial charge in [0, 0.05) is 21.7 Å². The molecule has 0 aliphatic carbocycles. The van der Waals surface area contributed by atoms with Crippen molar-refractivity contribution < 1.29 is 24.2 Å². The lowest BCUT2D eigenvalue weighted by atomic mass is 10.0. The van der Waals surface area contributed by atoms with E-state index < -0.39 is 24.0 Å². The average Bonchev–Trinajstić information content (AvgIpc) is 3.28. The number of carbonyl (C=O) groups excluding carboxylic acids is 1. The van der Waals surface area contributed by atoms with Crippen molar-refractivity contribution in [2.24, 2.45) is 0 Å². The second-order valence-corrected chi connectivity index (χ2v) is 8.84. The number of likely N-dealkylation sites (tertiary alicyclic amines) is 1. The SMILES string of the molecule is COc1cc(OCc2ccc(Cl)cc2)cc(C(=O)N2C(C(=O)O)CCC2c2ccccc2Cl)c1. The van der Waals surface area contributed by atoms with Gasteiger partial charge in [-0.15, -0.1) is 0 Å². The number of carboxylic acid groups (broad SMARTS) is 1. The molecule has 3 aromatic rings. The van der Waals surface area contributed by atoms with Gasteiger partial charge in [-0.2, -0.15) is 0 Å². The highest BCUT2D eigenvalue weighted by atomic mass is 35.5. The van der Waals surface area contributed by atoms with Crippen molar-refractivity contribution >= 4 is 35.1 Å². The summed E-state index contributed by atoms with van der Waals surface area (Å²) in [6, 6.07) is 17.9. The van der Waals surface area contributed by atoms with Crippen molar-refractivity contribution in [2.45, 2.75) is 31.5 Å². The van der Waals surface area contributed by atoms with E-state index in [-0.39, 0.29) is 12.2 Å².